The van der Waals surface area contributed by atoms with Crippen molar-refractivity contribution in [2.24, 2.45) is 5.16 Å². The van der Waals surface area contributed by atoms with Crippen LogP contribution < -0.4 is 0 Å². The number of oxime groups is 1. The molecule has 0 N–H and O–H groups in total. The van der Waals surface area contributed by atoms with Crippen LogP contribution in [0.1, 0.15) is 20.8 Å². The molecular weight excluding hydrogens is 238 g/mol. The minimum atomic E-state index is -0.597. The average Bonchev–Trinajstić information content (AvgIpc) is 2.31. The molecule has 1 aliphatic rings. The number of rotatable bonds is 4. The summed E-state index contributed by atoms with van der Waals surface area (Å²) in [4.78, 5) is 16.2. The van der Waals surface area contributed by atoms with E-state index in [1.165, 1.54) is 7.11 Å². The Kier molecular flexibility index (Phi) is 5.30. The highest BCUT2D eigenvalue weighted by Gasteiger charge is 2.25. The summed E-state index contributed by atoms with van der Waals surface area (Å²) in [7, 11) is 1.37. The van der Waals surface area contributed by atoms with Gasteiger partial charge in [0.2, 0.25) is 0 Å². The van der Waals surface area contributed by atoms with Crippen LogP contribution >= 0.6 is 0 Å². The summed E-state index contributed by atoms with van der Waals surface area (Å²) >= 11 is 0. The van der Waals surface area contributed by atoms with Crippen molar-refractivity contribution in [1.82, 2.24) is 0 Å². The van der Waals surface area contributed by atoms with Gasteiger partial charge >= 0.3 is 5.97 Å². The third-order valence-corrected chi connectivity index (χ3v) is 2.23. The van der Waals surface area contributed by atoms with E-state index in [9.17, 15) is 4.79 Å². The lowest BCUT2D eigenvalue weighted by Crippen LogP contribution is -2.35. The number of hydrogen-bond donors (Lipinski definition) is 0. The van der Waals surface area contributed by atoms with Gasteiger partial charge in [0.1, 0.15) is 7.11 Å². The van der Waals surface area contributed by atoms with Gasteiger partial charge in [-0.1, -0.05) is 5.16 Å². The van der Waals surface area contributed by atoms with E-state index in [4.69, 9.17) is 14.2 Å². The molecule has 1 heterocycles. The average molecular weight is 257 g/mol. The highest BCUT2D eigenvalue weighted by atomic mass is 16.7. The van der Waals surface area contributed by atoms with Crippen LogP contribution in [-0.4, -0.2) is 44.4 Å². The molecule has 1 rings (SSSR count). The van der Waals surface area contributed by atoms with E-state index in [0.717, 1.165) is 5.57 Å². The first kappa shape index (κ1) is 14.7. The maximum Gasteiger partial charge on any atom is 0.360 e. The molecule has 0 spiro atoms. The van der Waals surface area contributed by atoms with Crippen LogP contribution in [0, 0.1) is 0 Å². The van der Waals surface area contributed by atoms with Gasteiger partial charge in [0.05, 0.1) is 19.8 Å². The first-order valence-electron chi connectivity index (χ1n) is 5.74. The molecule has 0 radical (unpaired) electrons. The number of nitrogens with zero attached hydrogens (tertiary/aromatic N) is 1. The largest absolute Gasteiger partial charge is 0.461 e. The maximum atomic E-state index is 11.6. The van der Waals surface area contributed by atoms with E-state index >= 15 is 0 Å². The second-order valence-corrected chi connectivity index (χ2v) is 4.16. The molecule has 1 saturated heterocycles. The van der Waals surface area contributed by atoms with E-state index in [-0.39, 0.29) is 12.3 Å². The minimum Gasteiger partial charge on any atom is -0.461 e. The molecule has 0 unspecified atom stereocenters. The van der Waals surface area contributed by atoms with Crippen molar-refractivity contribution in [3.63, 3.8) is 0 Å². The van der Waals surface area contributed by atoms with Gasteiger partial charge in [-0.05, 0) is 32.4 Å². The van der Waals surface area contributed by atoms with Crippen LogP contribution in [0.3, 0.4) is 0 Å². The Morgan fingerprint density at radius 3 is 2.56 bits per heavy atom. The van der Waals surface area contributed by atoms with Crippen molar-refractivity contribution < 1.29 is 23.8 Å². The molecular formula is C12H19NO5. The minimum absolute atomic E-state index is 0.0984. The van der Waals surface area contributed by atoms with Gasteiger partial charge in [0.25, 0.3) is 0 Å². The summed E-state index contributed by atoms with van der Waals surface area (Å²) in [5.74, 6) is -1.13. The summed E-state index contributed by atoms with van der Waals surface area (Å²) in [5, 5.41) is 3.63. The molecule has 0 aromatic carbocycles. The Morgan fingerprint density at radius 2 is 2.06 bits per heavy atom. The first-order chi connectivity index (χ1) is 8.48. The van der Waals surface area contributed by atoms with Crippen LogP contribution in [0.5, 0.6) is 0 Å². The molecule has 0 bridgehead atoms. The van der Waals surface area contributed by atoms with Crippen molar-refractivity contribution in [2.45, 2.75) is 26.6 Å². The monoisotopic (exact) mass is 257 g/mol. The van der Waals surface area contributed by atoms with Crippen LogP contribution in [0.15, 0.2) is 16.8 Å². The second-order valence-electron chi connectivity index (χ2n) is 4.16. The number of carbonyl (C=O) groups is 1. The Labute approximate surface area is 107 Å². The van der Waals surface area contributed by atoms with Crippen LogP contribution in [-0.2, 0) is 23.8 Å². The molecule has 6 heteroatoms. The molecule has 0 aromatic rings. The van der Waals surface area contributed by atoms with Crippen molar-refractivity contribution >= 4 is 11.7 Å². The van der Waals surface area contributed by atoms with Crippen LogP contribution in [0.2, 0.25) is 0 Å². The molecule has 0 aliphatic carbocycles. The number of esters is 1. The molecule has 0 amide bonds. The quantitative estimate of drug-likeness (QED) is 0.431. The van der Waals surface area contributed by atoms with E-state index in [1.54, 1.807) is 13.0 Å². The third kappa shape index (κ3) is 4.46. The van der Waals surface area contributed by atoms with Crippen molar-refractivity contribution in [3.8, 4) is 0 Å². The van der Waals surface area contributed by atoms with Crippen molar-refractivity contribution in [2.75, 3.05) is 26.9 Å². The number of hydrogen-bond acceptors (Lipinski definition) is 6. The van der Waals surface area contributed by atoms with Gasteiger partial charge in [0.15, 0.2) is 11.5 Å². The predicted octanol–water partition coefficient (Wildman–Crippen LogP) is 1.26. The zero-order chi connectivity index (χ0) is 13.6. The lowest BCUT2D eigenvalue weighted by atomic mass is 10.2. The SMILES string of the molecule is CCOC(=O)C(C=C1COC(C)(C)OC1)=NOC. The zero-order valence-electron chi connectivity index (χ0n) is 11.2. The van der Waals surface area contributed by atoms with Gasteiger partial charge < -0.3 is 19.0 Å². The standard InChI is InChI=1S/C12H19NO5/c1-5-16-11(14)10(13-15-4)6-9-7-17-12(2,3)18-8-9/h6H,5,7-8H2,1-4H3. The van der Waals surface area contributed by atoms with Crippen molar-refractivity contribution in [1.29, 1.82) is 0 Å². The summed E-state index contributed by atoms with van der Waals surface area (Å²) in [5.41, 5.74) is 0.902. The second kappa shape index (κ2) is 6.51. The molecule has 0 atom stereocenters. The van der Waals surface area contributed by atoms with E-state index in [2.05, 4.69) is 9.99 Å². The van der Waals surface area contributed by atoms with Gasteiger partial charge in [-0.25, -0.2) is 4.79 Å². The predicted molar refractivity (Wildman–Crippen MR) is 65.1 cm³/mol. The summed E-state index contributed by atoms with van der Waals surface area (Å²) in [6.07, 6.45) is 1.57. The topological polar surface area (TPSA) is 66.4 Å². The number of carbonyl (C=O) groups excluding carboxylic acids is 1. The third-order valence-electron chi connectivity index (χ3n) is 2.23. The molecule has 102 valence electrons. The lowest BCUT2D eigenvalue weighted by Gasteiger charge is -2.31. The Bertz CT molecular complexity index is 347. The molecule has 18 heavy (non-hydrogen) atoms. The lowest BCUT2D eigenvalue weighted by molar-refractivity contribution is -0.225. The van der Waals surface area contributed by atoms with Gasteiger partial charge in [-0.2, -0.15) is 0 Å². The van der Waals surface area contributed by atoms with Crippen molar-refractivity contribution in [3.05, 3.63) is 11.6 Å². The Balaban J connectivity index is 2.72. The van der Waals surface area contributed by atoms with E-state index in [0.29, 0.717) is 13.2 Å². The summed E-state index contributed by atoms with van der Waals surface area (Å²) in [6.45, 7) is 6.44. The Morgan fingerprint density at radius 1 is 1.44 bits per heavy atom. The highest BCUT2D eigenvalue weighted by molar-refractivity contribution is 6.41. The maximum absolute atomic E-state index is 11.6. The fraction of sp³-hybridized carbons (Fsp3) is 0.667. The summed E-state index contributed by atoms with van der Waals surface area (Å²) < 4.78 is 15.8. The normalized spacial score (nSPS) is 19.3. The fourth-order valence-electron chi connectivity index (χ4n) is 1.32. The van der Waals surface area contributed by atoms with Gasteiger partial charge in [-0.3, -0.25) is 0 Å². The summed E-state index contributed by atoms with van der Waals surface area (Å²) in [6, 6.07) is 0. The van der Waals surface area contributed by atoms with Gasteiger partial charge in [0, 0.05) is 0 Å². The van der Waals surface area contributed by atoms with E-state index in [1.807, 2.05) is 13.8 Å². The first-order valence-corrected chi connectivity index (χ1v) is 5.74. The highest BCUT2D eigenvalue weighted by Crippen LogP contribution is 2.19. The zero-order valence-corrected chi connectivity index (χ0v) is 11.2. The molecule has 0 aromatic heterocycles. The smallest absolute Gasteiger partial charge is 0.360 e. The van der Waals surface area contributed by atoms with Gasteiger partial charge in [-0.15, -0.1) is 0 Å². The van der Waals surface area contributed by atoms with Crippen LogP contribution in [0.4, 0.5) is 0 Å². The molecule has 1 fully saturated rings. The fourth-order valence-corrected chi connectivity index (χ4v) is 1.32. The molecule has 6 nitrogen and oxygen atoms in total. The Hall–Kier alpha value is -1.40. The molecule has 1 aliphatic heterocycles. The molecule has 0 saturated carbocycles. The van der Waals surface area contributed by atoms with E-state index < -0.39 is 11.8 Å². The van der Waals surface area contributed by atoms with Crippen LogP contribution in [0.25, 0.3) is 0 Å². The number of ether oxygens (including phenoxy) is 3.